The quantitative estimate of drug-likeness (QED) is 0.292. The Bertz CT molecular complexity index is 138. The Labute approximate surface area is 66.7 Å². The summed E-state index contributed by atoms with van der Waals surface area (Å²) in [5, 5.41) is 9.27. The lowest BCUT2D eigenvalue weighted by Gasteiger charge is -2.17. The molecule has 0 aromatic heterocycles. The van der Waals surface area contributed by atoms with Crippen LogP contribution in [-0.2, 0) is 4.74 Å². The van der Waals surface area contributed by atoms with Crippen LogP contribution in [-0.4, -0.2) is 23.5 Å². The van der Waals surface area contributed by atoms with Crippen LogP contribution in [0.4, 0.5) is 0 Å². The molecule has 1 saturated heterocycles. The number of aliphatic hydroxyl groups excluding tert-OH is 1. The van der Waals surface area contributed by atoms with Crippen LogP contribution in [0.5, 0.6) is 0 Å². The highest BCUT2D eigenvalue weighted by atomic mass is 16.5. The Morgan fingerprint density at radius 3 is 2.73 bits per heavy atom. The number of hydrogen-bond donors (Lipinski definition) is 3. The lowest BCUT2D eigenvalue weighted by Crippen LogP contribution is -2.41. The largest absolute Gasteiger partial charge is 0.377 e. The lowest BCUT2D eigenvalue weighted by molar-refractivity contribution is 0.0261. The van der Waals surface area contributed by atoms with E-state index in [2.05, 4.69) is 5.43 Å². The third kappa shape index (κ3) is 2.13. The van der Waals surface area contributed by atoms with Crippen LogP contribution in [0.2, 0.25) is 0 Å². The van der Waals surface area contributed by atoms with Crippen LogP contribution in [0, 0.1) is 5.92 Å². The molecule has 1 unspecified atom stereocenters. The third-order valence-electron chi connectivity index (χ3n) is 2.06. The van der Waals surface area contributed by atoms with Gasteiger partial charge in [0.15, 0.2) is 0 Å². The second-order valence-electron chi connectivity index (χ2n) is 3.65. The van der Waals surface area contributed by atoms with Crippen molar-refractivity contribution in [3.8, 4) is 0 Å². The molecule has 2 atom stereocenters. The minimum atomic E-state index is -0.642. The summed E-state index contributed by atoms with van der Waals surface area (Å²) in [5.41, 5.74) is 2.21. The predicted octanol–water partition coefficient (Wildman–Crippen LogP) is -0.417. The molecular weight excluding hydrogens is 144 g/mol. The second kappa shape index (κ2) is 3.06. The van der Waals surface area contributed by atoms with Crippen molar-refractivity contribution in [2.24, 2.45) is 11.8 Å². The molecule has 4 nitrogen and oxygen atoms in total. The van der Waals surface area contributed by atoms with E-state index >= 15 is 0 Å². The van der Waals surface area contributed by atoms with E-state index in [-0.39, 0.29) is 11.5 Å². The molecule has 0 saturated carbocycles. The van der Waals surface area contributed by atoms with Crippen LogP contribution in [0.15, 0.2) is 0 Å². The molecule has 0 spiro atoms. The molecule has 0 aromatic carbocycles. The van der Waals surface area contributed by atoms with E-state index in [1.807, 2.05) is 13.8 Å². The highest BCUT2D eigenvalue weighted by molar-refractivity contribution is 4.83. The predicted molar refractivity (Wildman–Crippen MR) is 41.5 cm³/mol. The number of nitrogens with one attached hydrogen (secondary N) is 1. The molecule has 66 valence electrons. The first kappa shape index (κ1) is 8.93. The smallest absolute Gasteiger partial charge is 0.122 e. The highest BCUT2D eigenvalue weighted by Gasteiger charge is 2.35. The maximum atomic E-state index is 9.27. The number of rotatable bonds is 2. The van der Waals surface area contributed by atoms with E-state index in [1.165, 1.54) is 0 Å². The number of hydrogen-bond acceptors (Lipinski definition) is 4. The van der Waals surface area contributed by atoms with E-state index < -0.39 is 6.23 Å². The van der Waals surface area contributed by atoms with Crippen molar-refractivity contribution >= 4 is 0 Å². The molecule has 0 aliphatic carbocycles. The molecule has 1 aliphatic heterocycles. The molecule has 0 aromatic rings. The van der Waals surface area contributed by atoms with Crippen LogP contribution >= 0.6 is 0 Å². The summed E-state index contributed by atoms with van der Waals surface area (Å²) in [6.45, 7) is 4.60. The zero-order valence-electron chi connectivity index (χ0n) is 7.00. The van der Waals surface area contributed by atoms with Gasteiger partial charge in [0.1, 0.15) is 6.23 Å². The summed E-state index contributed by atoms with van der Waals surface area (Å²) >= 11 is 0. The van der Waals surface area contributed by atoms with Gasteiger partial charge >= 0.3 is 0 Å². The van der Waals surface area contributed by atoms with E-state index in [9.17, 15) is 5.11 Å². The summed E-state index contributed by atoms with van der Waals surface area (Å²) < 4.78 is 5.42. The Morgan fingerprint density at radius 2 is 2.36 bits per heavy atom. The van der Waals surface area contributed by atoms with Gasteiger partial charge in [0.25, 0.3) is 0 Å². The van der Waals surface area contributed by atoms with Gasteiger partial charge in [-0.1, -0.05) is 0 Å². The molecule has 11 heavy (non-hydrogen) atoms. The van der Waals surface area contributed by atoms with Crippen molar-refractivity contribution in [2.75, 3.05) is 6.61 Å². The maximum Gasteiger partial charge on any atom is 0.122 e. The standard InChI is InChI=1S/C7H16N2O2/c1-7(2)3-5(4-11-7)6(10)9-8/h5-6,9-10H,3-4,8H2,1-2H3/t5-,6?/m0/s1. The van der Waals surface area contributed by atoms with Gasteiger partial charge in [0.05, 0.1) is 12.2 Å². The summed E-state index contributed by atoms with van der Waals surface area (Å²) in [6, 6.07) is 0. The zero-order chi connectivity index (χ0) is 8.48. The summed E-state index contributed by atoms with van der Waals surface area (Å²) in [4.78, 5) is 0. The average Bonchev–Trinajstić information content (AvgIpc) is 2.29. The van der Waals surface area contributed by atoms with Gasteiger partial charge in [-0.15, -0.1) is 0 Å². The minimum Gasteiger partial charge on any atom is -0.377 e. The van der Waals surface area contributed by atoms with Crippen LogP contribution in [0.25, 0.3) is 0 Å². The molecule has 4 N–H and O–H groups in total. The maximum absolute atomic E-state index is 9.27. The number of nitrogens with two attached hydrogens (primary N) is 1. The van der Waals surface area contributed by atoms with E-state index in [0.29, 0.717) is 6.61 Å². The summed E-state index contributed by atoms with van der Waals surface area (Å²) in [5.74, 6) is 5.21. The van der Waals surface area contributed by atoms with Crippen molar-refractivity contribution in [2.45, 2.75) is 32.1 Å². The molecule has 1 rings (SSSR count). The van der Waals surface area contributed by atoms with Gasteiger partial charge in [0.2, 0.25) is 0 Å². The van der Waals surface area contributed by atoms with E-state index in [4.69, 9.17) is 10.6 Å². The third-order valence-corrected chi connectivity index (χ3v) is 2.06. The SMILES string of the molecule is CC1(C)C[C@H](C(O)NN)CO1. The zero-order valence-corrected chi connectivity index (χ0v) is 7.00. The van der Waals surface area contributed by atoms with Gasteiger partial charge in [-0.2, -0.15) is 0 Å². The Kier molecular flexibility index (Phi) is 2.49. The lowest BCUT2D eigenvalue weighted by atomic mass is 9.97. The Morgan fingerprint density at radius 1 is 1.73 bits per heavy atom. The first-order valence-electron chi connectivity index (χ1n) is 3.83. The average molecular weight is 160 g/mol. The van der Waals surface area contributed by atoms with Crippen molar-refractivity contribution in [3.05, 3.63) is 0 Å². The van der Waals surface area contributed by atoms with Gasteiger partial charge in [-0.25, -0.2) is 5.43 Å². The Hall–Kier alpha value is -0.160. The fourth-order valence-electron chi connectivity index (χ4n) is 1.42. The minimum absolute atomic E-state index is 0.109. The van der Waals surface area contributed by atoms with E-state index in [0.717, 1.165) is 6.42 Å². The monoisotopic (exact) mass is 160 g/mol. The number of aliphatic hydroxyl groups is 1. The molecule has 0 amide bonds. The first-order chi connectivity index (χ1) is 5.05. The van der Waals surface area contributed by atoms with Crippen molar-refractivity contribution in [3.63, 3.8) is 0 Å². The van der Waals surface area contributed by atoms with Crippen molar-refractivity contribution < 1.29 is 9.84 Å². The van der Waals surface area contributed by atoms with Crippen LogP contribution in [0.3, 0.4) is 0 Å². The second-order valence-corrected chi connectivity index (χ2v) is 3.65. The fraction of sp³-hybridized carbons (Fsp3) is 1.00. The van der Waals surface area contributed by atoms with Crippen molar-refractivity contribution in [1.29, 1.82) is 0 Å². The van der Waals surface area contributed by atoms with Gasteiger partial charge in [-0.3, -0.25) is 5.84 Å². The number of hydrazine groups is 1. The Balaban J connectivity index is 2.41. The highest BCUT2D eigenvalue weighted by Crippen LogP contribution is 2.30. The van der Waals surface area contributed by atoms with Crippen LogP contribution in [0.1, 0.15) is 20.3 Å². The molecule has 4 heteroatoms. The van der Waals surface area contributed by atoms with E-state index in [1.54, 1.807) is 0 Å². The molecule has 1 aliphatic rings. The number of ether oxygens (including phenoxy) is 1. The topological polar surface area (TPSA) is 67.5 Å². The van der Waals surface area contributed by atoms with Gasteiger partial charge in [0, 0.05) is 5.92 Å². The molecule has 1 fully saturated rings. The molecule has 0 radical (unpaired) electrons. The van der Waals surface area contributed by atoms with Crippen LogP contribution < -0.4 is 11.3 Å². The first-order valence-corrected chi connectivity index (χ1v) is 3.83. The van der Waals surface area contributed by atoms with Gasteiger partial charge in [-0.05, 0) is 20.3 Å². The molecule has 1 heterocycles. The van der Waals surface area contributed by atoms with Gasteiger partial charge < -0.3 is 9.84 Å². The van der Waals surface area contributed by atoms with Crippen molar-refractivity contribution in [1.82, 2.24) is 5.43 Å². The summed E-state index contributed by atoms with van der Waals surface area (Å²) in [7, 11) is 0. The summed E-state index contributed by atoms with van der Waals surface area (Å²) in [6.07, 6.45) is 0.204. The molecular formula is C7H16N2O2. The molecule has 0 bridgehead atoms. The fourth-order valence-corrected chi connectivity index (χ4v) is 1.42. The normalized spacial score (nSPS) is 32.2.